The number of fused-ring (bicyclic) bond motifs is 1. The van der Waals surface area contributed by atoms with Crippen LogP contribution in [0.25, 0.3) is 10.8 Å². The van der Waals surface area contributed by atoms with Crippen molar-refractivity contribution in [3.63, 3.8) is 0 Å². The first kappa shape index (κ1) is 12.8. The molecular formula is C16H18N4. The highest BCUT2D eigenvalue weighted by atomic mass is 15.1. The van der Waals surface area contributed by atoms with Crippen LogP contribution in [0.4, 0.5) is 0 Å². The lowest BCUT2D eigenvalue weighted by Gasteiger charge is -2.20. The molecule has 2 heterocycles. The summed E-state index contributed by atoms with van der Waals surface area (Å²) < 4.78 is 2.05. The molecule has 1 N–H and O–H groups in total. The first-order valence-electron chi connectivity index (χ1n) is 6.83. The van der Waals surface area contributed by atoms with Gasteiger partial charge in [-0.05, 0) is 11.9 Å². The third-order valence-electron chi connectivity index (χ3n) is 3.57. The van der Waals surface area contributed by atoms with Gasteiger partial charge in [0.15, 0.2) is 0 Å². The summed E-state index contributed by atoms with van der Waals surface area (Å²) in [7, 11) is 2.02. The molecule has 3 rings (SSSR count). The average Bonchev–Trinajstić information content (AvgIpc) is 2.90. The number of nitrogens with one attached hydrogen (secondary N) is 1. The minimum Gasteiger partial charge on any atom is -0.336 e. The summed E-state index contributed by atoms with van der Waals surface area (Å²) in [4.78, 5) is 8.62. The lowest BCUT2D eigenvalue weighted by molar-refractivity contribution is 0.595. The number of aromatic nitrogens is 3. The topological polar surface area (TPSA) is 42.7 Å². The van der Waals surface area contributed by atoms with E-state index in [1.807, 2.05) is 38.0 Å². The molecule has 0 bridgehead atoms. The van der Waals surface area contributed by atoms with Gasteiger partial charge >= 0.3 is 0 Å². The van der Waals surface area contributed by atoms with E-state index >= 15 is 0 Å². The van der Waals surface area contributed by atoms with Crippen LogP contribution in [0.1, 0.15) is 24.2 Å². The lowest BCUT2D eigenvalue weighted by Crippen LogP contribution is -2.24. The van der Waals surface area contributed by atoms with Crippen molar-refractivity contribution in [1.29, 1.82) is 0 Å². The Hall–Kier alpha value is -2.20. The van der Waals surface area contributed by atoms with Crippen LogP contribution in [-0.4, -0.2) is 21.1 Å². The Balaban J connectivity index is 2.17. The second-order valence-corrected chi connectivity index (χ2v) is 4.87. The van der Waals surface area contributed by atoms with E-state index in [1.165, 1.54) is 10.9 Å². The van der Waals surface area contributed by atoms with E-state index < -0.39 is 0 Å². The quantitative estimate of drug-likeness (QED) is 0.789. The van der Waals surface area contributed by atoms with Crippen LogP contribution in [0.5, 0.6) is 0 Å². The summed E-state index contributed by atoms with van der Waals surface area (Å²) in [6.07, 6.45) is 7.60. The number of pyridine rings is 1. The monoisotopic (exact) mass is 266 g/mol. The van der Waals surface area contributed by atoms with Crippen molar-refractivity contribution in [2.75, 3.05) is 6.54 Å². The van der Waals surface area contributed by atoms with Gasteiger partial charge in [0.25, 0.3) is 0 Å². The van der Waals surface area contributed by atoms with Crippen LogP contribution in [0.3, 0.4) is 0 Å². The van der Waals surface area contributed by atoms with Crippen molar-refractivity contribution in [3.05, 3.63) is 60.4 Å². The molecular weight excluding hydrogens is 248 g/mol. The van der Waals surface area contributed by atoms with Gasteiger partial charge in [0.1, 0.15) is 0 Å². The first-order chi connectivity index (χ1) is 9.81. The van der Waals surface area contributed by atoms with Gasteiger partial charge in [-0.2, -0.15) is 0 Å². The van der Waals surface area contributed by atoms with E-state index in [1.54, 1.807) is 0 Å². The van der Waals surface area contributed by atoms with E-state index in [0.717, 1.165) is 17.6 Å². The molecule has 4 heteroatoms. The maximum Gasteiger partial charge on any atom is 0.0946 e. The van der Waals surface area contributed by atoms with Gasteiger partial charge in [0.2, 0.25) is 0 Å². The van der Waals surface area contributed by atoms with Crippen molar-refractivity contribution < 1.29 is 0 Å². The van der Waals surface area contributed by atoms with E-state index in [9.17, 15) is 0 Å². The zero-order valence-electron chi connectivity index (χ0n) is 11.7. The van der Waals surface area contributed by atoms with Gasteiger partial charge in [0.05, 0.1) is 24.3 Å². The fourth-order valence-electron chi connectivity index (χ4n) is 2.59. The first-order valence-corrected chi connectivity index (χ1v) is 6.83. The van der Waals surface area contributed by atoms with Gasteiger partial charge < -0.3 is 9.88 Å². The van der Waals surface area contributed by atoms with Crippen LogP contribution in [0.15, 0.2) is 49.2 Å². The van der Waals surface area contributed by atoms with Crippen molar-refractivity contribution in [2.24, 2.45) is 7.05 Å². The summed E-state index contributed by atoms with van der Waals surface area (Å²) in [5, 5.41) is 5.93. The van der Waals surface area contributed by atoms with E-state index in [0.29, 0.717) is 0 Å². The molecule has 1 unspecified atom stereocenters. The van der Waals surface area contributed by atoms with Crippen LogP contribution in [0.2, 0.25) is 0 Å². The van der Waals surface area contributed by atoms with Gasteiger partial charge in [-0.25, -0.2) is 4.98 Å². The van der Waals surface area contributed by atoms with Crippen LogP contribution in [-0.2, 0) is 7.05 Å². The minimum absolute atomic E-state index is 0.103. The molecule has 1 aromatic carbocycles. The van der Waals surface area contributed by atoms with Crippen molar-refractivity contribution >= 4 is 10.8 Å². The van der Waals surface area contributed by atoms with Crippen molar-refractivity contribution in [2.45, 2.75) is 13.0 Å². The highest BCUT2D eigenvalue weighted by Gasteiger charge is 2.18. The van der Waals surface area contributed by atoms with Crippen LogP contribution < -0.4 is 5.32 Å². The fraction of sp³-hybridized carbons (Fsp3) is 0.250. The van der Waals surface area contributed by atoms with Crippen molar-refractivity contribution in [3.8, 4) is 0 Å². The molecule has 3 aromatic rings. The zero-order chi connectivity index (χ0) is 13.9. The SMILES string of the molecule is CCNC(c1cncc2ccccc12)c1cncn1C. The molecule has 1 atom stereocenters. The molecule has 0 saturated heterocycles. The number of hydrogen-bond donors (Lipinski definition) is 1. The second-order valence-electron chi connectivity index (χ2n) is 4.87. The van der Waals surface area contributed by atoms with Crippen LogP contribution >= 0.6 is 0 Å². The molecule has 4 nitrogen and oxygen atoms in total. The van der Waals surface area contributed by atoms with Gasteiger partial charge in [-0.1, -0.05) is 31.2 Å². The second kappa shape index (κ2) is 5.43. The Morgan fingerprint density at radius 2 is 2.00 bits per heavy atom. The highest BCUT2D eigenvalue weighted by Crippen LogP contribution is 2.27. The van der Waals surface area contributed by atoms with E-state index in [4.69, 9.17) is 0 Å². The zero-order valence-corrected chi connectivity index (χ0v) is 11.7. The van der Waals surface area contributed by atoms with E-state index in [-0.39, 0.29) is 6.04 Å². The predicted molar refractivity (Wildman–Crippen MR) is 80.5 cm³/mol. The summed E-state index contributed by atoms with van der Waals surface area (Å²) in [5.41, 5.74) is 2.33. The average molecular weight is 266 g/mol. The molecule has 0 aliphatic rings. The number of benzene rings is 1. The van der Waals surface area contributed by atoms with Gasteiger partial charge in [0, 0.05) is 30.4 Å². The number of aryl methyl sites for hydroxylation is 1. The lowest BCUT2D eigenvalue weighted by atomic mass is 9.99. The molecule has 0 amide bonds. The Kier molecular flexibility index (Phi) is 3.48. The molecule has 0 aliphatic carbocycles. The molecule has 0 spiro atoms. The molecule has 0 radical (unpaired) electrons. The maximum absolute atomic E-state index is 4.39. The summed E-state index contributed by atoms with van der Waals surface area (Å²) in [5.74, 6) is 0. The van der Waals surface area contributed by atoms with E-state index in [2.05, 4.69) is 45.0 Å². The summed E-state index contributed by atoms with van der Waals surface area (Å²) in [6, 6.07) is 8.45. The largest absolute Gasteiger partial charge is 0.336 e. The Morgan fingerprint density at radius 3 is 2.75 bits per heavy atom. The van der Waals surface area contributed by atoms with Crippen molar-refractivity contribution in [1.82, 2.24) is 19.9 Å². The molecule has 0 fully saturated rings. The number of rotatable bonds is 4. The maximum atomic E-state index is 4.39. The number of nitrogens with zero attached hydrogens (tertiary/aromatic N) is 3. The smallest absolute Gasteiger partial charge is 0.0946 e. The molecule has 20 heavy (non-hydrogen) atoms. The highest BCUT2D eigenvalue weighted by molar-refractivity contribution is 5.85. The molecule has 2 aromatic heterocycles. The third-order valence-corrected chi connectivity index (χ3v) is 3.57. The standard InChI is InChI=1S/C16H18N4/c1-3-19-16(15-10-18-11-20(15)2)14-9-17-8-12-6-4-5-7-13(12)14/h4-11,16,19H,3H2,1-2H3. The third kappa shape index (κ3) is 2.18. The minimum atomic E-state index is 0.103. The number of hydrogen-bond acceptors (Lipinski definition) is 3. The normalized spacial score (nSPS) is 12.7. The Labute approximate surface area is 118 Å². The summed E-state index contributed by atoms with van der Waals surface area (Å²) in [6.45, 7) is 3.00. The molecule has 102 valence electrons. The Morgan fingerprint density at radius 1 is 1.15 bits per heavy atom. The predicted octanol–water partition coefficient (Wildman–Crippen LogP) is 2.67. The van der Waals surface area contributed by atoms with Crippen LogP contribution in [0, 0.1) is 0 Å². The Bertz CT molecular complexity index is 712. The fourth-order valence-corrected chi connectivity index (χ4v) is 2.59. The summed E-state index contributed by atoms with van der Waals surface area (Å²) >= 11 is 0. The van der Waals surface area contributed by atoms with Gasteiger partial charge in [-0.3, -0.25) is 4.98 Å². The number of imidazole rings is 1. The molecule has 0 saturated carbocycles. The van der Waals surface area contributed by atoms with Gasteiger partial charge in [-0.15, -0.1) is 0 Å². The molecule has 0 aliphatic heterocycles.